The first-order chi connectivity index (χ1) is 4.97. The normalized spacial score (nSPS) is 16.6. The molecule has 0 radical (unpaired) electrons. The molecular weight excluding hydrogens is 130 g/mol. The molecule has 0 bridgehead atoms. The number of H-pyrrole nitrogens is 1. The van der Waals surface area contributed by atoms with Crippen LogP contribution in [-0.2, 0) is 4.74 Å². The zero-order valence-electron chi connectivity index (χ0n) is 5.37. The van der Waals surface area contributed by atoms with Gasteiger partial charge in [-0.2, -0.15) is 5.10 Å². The molecule has 0 aliphatic carbocycles. The van der Waals surface area contributed by atoms with Crippen molar-refractivity contribution in [1.82, 2.24) is 10.2 Å². The second-order valence-electron chi connectivity index (χ2n) is 1.99. The number of hydrogen-bond acceptors (Lipinski definition) is 3. The molecule has 1 aromatic rings. The van der Waals surface area contributed by atoms with Gasteiger partial charge in [0.25, 0.3) is 0 Å². The Balaban J connectivity index is 2.28. The summed E-state index contributed by atoms with van der Waals surface area (Å²) in [7, 11) is 0. The lowest BCUT2D eigenvalue weighted by molar-refractivity contribution is 0.347. The quantitative estimate of drug-likeness (QED) is 0.600. The first kappa shape index (κ1) is 5.46. The summed E-state index contributed by atoms with van der Waals surface area (Å²) in [5, 5.41) is 6.61. The Morgan fingerprint density at radius 3 is 3.20 bits per heavy atom. The van der Waals surface area contributed by atoms with Gasteiger partial charge in [0.15, 0.2) is 0 Å². The molecule has 1 N–H and O–H groups in total. The third kappa shape index (κ3) is 0.775. The van der Waals surface area contributed by atoms with Gasteiger partial charge in [-0.3, -0.25) is 5.10 Å². The predicted octanol–water partition coefficient (Wildman–Crippen LogP) is 0.186. The fraction of sp³-hybridized carbons (Fsp3) is 0.333. The molecule has 4 nitrogen and oxygen atoms in total. The Labute approximate surface area is 57.9 Å². The van der Waals surface area contributed by atoms with E-state index in [1.807, 2.05) is 6.07 Å². The van der Waals surface area contributed by atoms with E-state index < -0.39 is 0 Å². The molecule has 1 aromatic heterocycles. The average molecular weight is 137 g/mol. The second-order valence-corrected chi connectivity index (χ2v) is 1.99. The minimum Gasteiger partial charge on any atom is -0.474 e. The molecule has 2 rings (SSSR count). The number of hydrogen-bond donors (Lipinski definition) is 1. The van der Waals surface area contributed by atoms with Gasteiger partial charge in [0.2, 0.25) is 5.90 Å². The molecule has 0 aromatic carbocycles. The van der Waals surface area contributed by atoms with Crippen LogP contribution in [-0.4, -0.2) is 29.2 Å². The highest BCUT2D eigenvalue weighted by Gasteiger charge is 2.10. The van der Waals surface area contributed by atoms with Crippen molar-refractivity contribution in [3.63, 3.8) is 0 Å². The molecule has 0 saturated heterocycles. The summed E-state index contributed by atoms with van der Waals surface area (Å²) < 4.78 is 5.16. The zero-order valence-corrected chi connectivity index (χ0v) is 5.37. The Morgan fingerprint density at radius 2 is 2.60 bits per heavy atom. The molecule has 0 unspecified atom stereocenters. The molecule has 0 atom stereocenters. The van der Waals surface area contributed by atoms with Gasteiger partial charge >= 0.3 is 0 Å². The molecule has 0 spiro atoms. The number of aromatic nitrogens is 2. The predicted molar refractivity (Wildman–Crippen MR) is 35.9 cm³/mol. The Hall–Kier alpha value is -1.32. The molecule has 0 saturated carbocycles. The fourth-order valence-corrected chi connectivity index (χ4v) is 0.869. The summed E-state index contributed by atoms with van der Waals surface area (Å²) in [5.41, 5.74) is 0.789. The van der Waals surface area contributed by atoms with Gasteiger partial charge in [-0.25, -0.2) is 4.99 Å². The molecule has 2 heterocycles. The van der Waals surface area contributed by atoms with Crippen molar-refractivity contribution in [3.05, 3.63) is 18.0 Å². The maximum Gasteiger partial charge on any atom is 0.237 e. The van der Waals surface area contributed by atoms with E-state index in [0.717, 1.165) is 12.2 Å². The van der Waals surface area contributed by atoms with E-state index >= 15 is 0 Å². The van der Waals surface area contributed by atoms with Crippen LogP contribution in [0.1, 0.15) is 5.69 Å². The molecule has 4 heteroatoms. The molecule has 10 heavy (non-hydrogen) atoms. The van der Waals surface area contributed by atoms with E-state index in [9.17, 15) is 0 Å². The van der Waals surface area contributed by atoms with E-state index in [0.29, 0.717) is 12.5 Å². The summed E-state index contributed by atoms with van der Waals surface area (Å²) in [5.74, 6) is 0.654. The van der Waals surface area contributed by atoms with Crippen molar-refractivity contribution < 1.29 is 4.74 Å². The molecule has 1 aliphatic heterocycles. The Morgan fingerprint density at radius 1 is 1.60 bits per heavy atom. The Bertz CT molecular complexity index is 240. The highest BCUT2D eigenvalue weighted by Crippen LogP contribution is 2.02. The van der Waals surface area contributed by atoms with Crippen molar-refractivity contribution in [2.75, 3.05) is 13.2 Å². The fourth-order valence-electron chi connectivity index (χ4n) is 0.869. The van der Waals surface area contributed by atoms with Crippen LogP contribution in [0.15, 0.2) is 17.3 Å². The molecule has 1 aliphatic rings. The van der Waals surface area contributed by atoms with Crippen LogP contribution in [0.3, 0.4) is 0 Å². The summed E-state index contributed by atoms with van der Waals surface area (Å²) in [6, 6.07) is 1.84. The summed E-state index contributed by atoms with van der Waals surface area (Å²) in [4.78, 5) is 4.09. The first-order valence-electron chi connectivity index (χ1n) is 3.14. The first-order valence-corrected chi connectivity index (χ1v) is 3.14. The third-order valence-corrected chi connectivity index (χ3v) is 1.31. The molecule has 52 valence electrons. The van der Waals surface area contributed by atoms with Gasteiger partial charge in [-0.05, 0) is 6.07 Å². The van der Waals surface area contributed by atoms with Gasteiger partial charge in [0, 0.05) is 6.20 Å². The molecule has 0 amide bonds. The van der Waals surface area contributed by atoms with E-state index in [1.54, 1.807) is 6.20 Å². The minimum atomic E-state index is 0.654. The van der Waals surface area contributed by atoms with Gasteiger partial charge in [-0.1, -0.05) is 0 Å². The van der Waals surface area contributed by atoms with Crippen molar-refractivity contribution in [2.24, 2.45) is 4.99 Å². The summed E-state index contributed by atoms with van der Waals surface area (Å²) in [6.45, 7) is 1.43. The lowest BCUT2D eigenvalue weighted by Crippen LogP contribution is -2.00. The smallest absolute Gasteiger partial charge is 0.237 e. The van der Waals surface area contributed by atoms with Gasteiger partial charge < -0.3 is 4.74 Å². The van der Waals surface area contributed by atoms with Crippen LogP contribution in [0.4, 0.5) is 0 Å². The zero-order chi connectivity index (χ0) is 6.81. The van der Waals surface area contributed by atoms with Crippen LogP contribution in [0.2, 0.25) is 0 Å². The average Bonchev–Trinajstić information content (AvgIpc) is 2.59. The molecular formula is C6H7N3O. The van der Waals surface area contributed by atoms with Gasteiger partial charge in [0.1, 0.15) is 12.3 Å². The largest absolute Gasteiger partial charge is 0.474 e. The lowest BCUT2D eigenvalue weighted by Gasteiger charge is -1.93. The Kier molecular flexibility index (Phi) is 1.16. The maximum absolute atomic E-state index is 5.16. The van der Waals surface area contributed by atoms with E-state index in [4.69, 9.17) is 4.74 Å². The topological polar surface area (TPSA) is 50.3 Å². The number of ether oxygens (including phenoxy) is 1. The van der Waals surface area contributed by atoms with Crippen molar-refractivity contribution in [2.45, 2.75) is 0 Å². The summed E-state index contributed by atoms with van der Waals surface area (Å²) >= 11 is 0. The van der Waals surface area contributed by atoms with Crippen LogP contribution < -0.4 is 0 Å². The highest BCUT2D eigenvalue weighted by molar-refractivity contribution is 5.92. The van der Waals surface area contributed by atoms with E-state index in [2.05, 4.69) is 15.2 Å². The van der Waals surface area contributed by atoms with Crippen LogP contribution >= 0.6 is 0 Å². The number of aliphatic imine (C=N–C) groups is 1. The number of nitrogens with zero attached hydrogens (tertiary/aromatic N) is 2. The third-order valence-electron chi connectivity index (χ3n) is 1.31. The SMILES string of the molecule is c1cc(C2=NCCO2)n[nH]1. The van der Waals surface area contributed by atoms with Gasteiger partial charge in [0.05, 0.1) is 6.54 Å². The van der Waals surface area contributed by atoms with Gasteiger partial charge in [-0.15, -0.1) is 0 Å². The standard InChI is InChI=1S/C6H7N3O/c1-2-8-9-5(1)6-7-3-4-10-6/h1-2H,3-4H2,(H,8,9). The number of aromatic amines is 1. The highest BCUT2D eigenvalue weighted by atomic mass is 16.5. The summed E-state index contributed by atoms with van der Waals surface area (Å²) in [6.07, 6.45) is 1.75. The van der Waals surface area contributed by atoms with E-state index in [-0.39, 0.29) is 0 Å². The van der Waals surface area contributed by atoms with Crippen LogP contribution in [0, 0.1) is 0 Å². The van der Waals surface area contributed by atoms with Crippen LogP contribution in [0.25, 0.3) is 0 Å². The second kappa shape index (κ2) is 2.13. The van der Waals surface area contributed by atoms with E-state index in [1.165, 1.54) is 0 Å². The van der Waals surface area contributed by atoms with Crippen LogP contribution in [0.5, 0.6) is 0 Å². The van der Waals surface area contributed by atoms with Crippen molar-refractivity contribution in [3.8, 4) is 0 Å². The number of nitrogens with one attached hydrogen (secondary N) is 1. The molecule has 0 fully saturated rings. The number of rotatable bonds is 1. The maximum atomic E-state index is 5.16. The van der Waals surface area contributed by atoms with Crippen molar-refractivity contribution in [1.29, 1.82) is 0 Å². The van der Waals surface area contributed by atoms with Crippen molar-refractivity contribution >= 4 is 5.90 Å². The monoisotopic (exact) mass is 137 g/mol. The minimum absolute atomic E-state index is 0.654. The lowest BCUT2D eigenvalue weighted by atomic mass is 10.4.